The second kappa shape index (κ2) is 7.35. The number of hydrogen-bond acceptors (Lipinski definition) is 4. The summed E-state index contributed by atoms with van der Waals surface area (Å²) in [7, 11) is 1.33. The molecule has 1 saturated heterocycles. The van der Waals surface area contributed by atoms with Gasteiger partial charge in [0.15, 0.2) is 0 Å². The van der Waals surface area contributed by atoms with Crippen molar-refractivity contribution in [3.63, 3.8) is 0 Å². The fourth-order valence-electron chi connectivity index (χ4n) is 4.51. The minimum absolute atomic E-state index is 0.114. The van der Waals surface area contributed by atoms with Crippen molar-refractivity contribution in [1.29, 1.82) is 0 Å². The molecule has 1 fully saturated rings. The van der Waals surface area contributed by atoms with Crippen molar-refractivity contribution in [2.75, 3.05) is 6.54 Å². The van der Waals surface area contributed by atoms with Crippen molar-refractivity contribution >= 4 is 19.7 Å². The minimum atomic E-state index is -4.07. The Balaban J connectivity index is 1.77. The van der Waals surface area contributed by atoms with Crippen LogP contribution in [0, 0.1) is 0 Å². The first-order chi connectivity index (χ1) is 13.3. The summed E-state index contributed by atoms with van der Waals surface area (Å²) < 4.78 is 52.6. The number of aromatic nitrogens is 1. The molecule has 2 unspecified atom stereocenters. The van der Waals surface area contributed by atoms with E-state index in [1.807, 2.05) is 18.3 Å². The Kier molecular flexibility index (Phi) is 5.18. The molecular formula is C20H21ClF2N2O2S. The third kappa shape index (κ3) is 3.67. The first kappa shape index (κ1) is 19.7. The number of nitrogens with zero attached hydrogens (tertiary/aromatic N) is 2. The second-order valence-corrected chi connectivity index (χ2v) is 10.0. The molecule has 4 rings (SSSR count). The summed E-state index contributed by atoms with van der Waals surface area (Å²) in [4.78, 5) is 6.22. The fourth-order valence-corrected chi connectivity index (χ4v) is 5.28. The van der Waals surface area contributed by atoms with Crippen molar-refractivity contribution in [1.82, 2.24) is 9.88 Å². The Morgan fingerprint density at radius 1 is 1.14 bits per heavy atom. The molecule has 2 heterocycles. The number of fused-ring (bicyclic) bond motifs is 1. The average molecular weight is 427 g/mol. The number of pyridine rings is 1. The standard InChI is InChI=1S/C20H21ClF2N2O2S/c21-28(26,27)15-6-7-16-17(12-15)20(22,23)9-8-19(16)25-11-2-1-5-18(25)14-4-3-10-24-13-14/h3-4,6-7,10,12-13,18-19H,1-2,5,8-9,11H2. The molecule has 0 radical (unpaired) electrons. The predicted octanol–water partition coefficient (Wildman–Crippen LogP) is 5.16. The van der Waals surface area contributed by atoms with Crippen LogP contribution in [0.2, 0.25) is 0 Å². The van der Waals surface area contributed by atoms with E-state index >= 15 is 0 Å². The van der Waals surface area contributed by atoms with Gasteiger partial charge in [-0.2, -0.15) is 0 Å². The zero-order valence-corrected chi connectivity index (χ0v) is 16.8. The van der Waals surface area contributed by atoms with Gasteiger partial charge in [0.1, 0.15) is 0 Å². The Labute approximate surface area is 168 Å². The fraction of sp³-hybridized carbons (Fsp3) is 0.450. The van der Waals surface area contributed by atoms with E-state index in [0.29, 0.717) is 12.0 Å². The van der Waals surface area contributed by atoms with Crippen LogP contribution in [0.5, 0.6) is 0 Å². The highest BCUT2D eigenvalue weighted by molar-refractivity contribution is 8.13. The van der Waals surface area contributed by atoms with Gasteiger partial charge in [-0.3, -0.25) is 9.88 Å². The molecule has 0 saturated carbocycles. The van der Waals surface area contributed by atoms with E-state index in [-0.39, 0.29) is 29.0 Å². The quantitative estimate of drug-likeness (QED) is 0.636. The molecular weight excluding hydrogens is 406 g/mol. The van der Waals surface area contributed by atoms with Gasteiger partial charge < -0.3 is 0 Å². The van der Waals surface area contributed by atoms with Crippen molar-refractivity contribution in [3.8, 4) is 0 Å². The lowest BCUT2D eigenvalue weighted by Gasteiger charge is -2.45. The van der Waals surface area contributed by atoms with Crippen LogP contribution in [0.25, 0.3) is 0 Å². The highest BCUT2D eigenvalue weighted by Crippen LogP contribution is 2.50. The van der Waals surface area contributed by atoms with Crippen molar-refractivity contribution < 1.29 is 17.2 Å². The maximum Gasteiger partial charge on any atom is 0.273 e. The van der Waals surface area contributed by atoms with Crippen LogP contribution in [-0.2, 0) is 15.0 Å². The topological polar surface area (TPSA) is 50.3 Å². The van der Waals surface area contributed by atoms with Crippen LogP contribution in [0.15, 0.2) is 47.6 Å². The summed E-state index contributed by atoms with van der Waals surface area (Å²) in [5, 5.41) is 0. The highest BCUT2D eigenvalue weighted by Gasteiger charge is 2.44. The molecule has 150 valence electrons. The molecule has 2 aliphatic rings. The number of alkyl halides is 2. The van der Waals surface area contributed by atoms with Gasteiger partial charge in [0, 0.05) is 47.1 Å². The summed E-state index contributed by atoms with van der Waals surface area (Å²) in [6, 6.07) is 7.73. The summed E-state index contributed by atoms with van der Waals surface area (Å²) in [6.07, 6.45) is 6.60. The third-order valence-corrected chi connectivity index (χ3v) is 7.16. The van der Waals surface area contributed by atoms with E-state index in [1.165, 1.54) is 12.1 Å². The van der Waals surface area contributed by atoms with Gasteiger partial charge in [0.05, 0.1) is 4.90 Å². The van der Waals surface area contributed by atoms with Crippen LogP contribution in [-0.4, -0.2) is 24.8 Å². The molecule has 8 heteroatoms. The average Bonchev–Trinajstić information content (AvgIpc) is 2.68. The normalized spacial score (nSPS) is 25.2. The number of halogens is 3. The molecule has 1 aromatic carbocycles. The minimum Gasteiger partial charge on any atom is -0.289 e. The summed E-state index contributed by atoms with van der Waals surface area (Å²) >= 11 is 0. The molecule has 28 heavy (non-hydrogen) atoms. The van der Waals surface area contributed by atoms with Gasteiger partial charge in [0.25, 0.3) is 15.0 Å². The van der Waals surface area contributed by atoms with E-state index in [9.17, 15) is 17.2 Å². The first-order valence-electron chi connectivity index (χ1n) is 9.40. The molecule has 0 amide bonds. The van der Waals surface area contributed by atoms with Crippen LogP contribution >= 0.6 is 10.7 Å². The molecule has 1 aromatic heterocycles. The zero-order chi connectivity index (χ0) is 19.9. The molecule has 4 nitrogen and oxygen atoms in total. The Hall–Kier alpha value is -1.57. The monoisotopic (exact) mass is 426 g/mol. The SMILES string of the molecule is O=S(=O)(Cl)c1ccc2c(c1)C(F)(F)CCC2N1CCCCC1c1cccnc1. The smallest absolute Gasteiger partial charge is 0.273 e. The van der Waals surface area contributed by atoms with Gasteiger partial charge in [-0.05, 0) is 55.1 Å². The summed E-state index contributed by atoms with van der Waals surface area (Å²) in [5.41, 5.74) is 1.36. The maximum absolute atomic E-state index is 14.7. The molecule has 1 aliphatic heterocycles. The number of hydrogen-bond donors (Lipinski definition) is 0. The Morgan fingerprint density at radius 2 is 1.96 bits per heavy atom. The van der Waals surface area contributed by atoms with Crippen LogP contribution < -0.4 is 0 Å². The van der Waals surface area contributed by atoms with Crippen LogP contribution in [0.3, 0.4) is 0 Å². The first-order valence-corrected chi connectivity index (χ1v) is 11.7. The van der Waals surface area contributed by atoms with Crippen molar-refractivity contribution in [2.45, 2.75) is 55.0 Å². The van der Waals surface area contributed by atoms with E-state index in [2.05, 4.69) is 9.88 Å². The molecule has 1 aliphatic carbocycles. The predicted molar refractivity (Wildman–Crippen MR) is 103 cm³/mol. The van der Waals surface area contributed by atoms with Gasteiger partial charge in [-0.15, -0.1) is 0 Å². The Morgan fingerprint density at radius 3 is 2.68 bits per heavy atom. The van der Waals surface area contributed by atoms with Crippen LogP contribution in [0.1, 0.15) is 60.9 Å². The largest absolute Gasteiger partial charge is 0.289 e. The van der Waals surface area contributed by atoms with Crippen molar-refractivity contribution in [2.24, 2.45) is 0 Å². The number of piperidine rings is 1. The summed E-state index contributed by atoms with van der Waals surface area (Å²) in [6.45, 7) is 0.810. The second-order valence-electron chi connectivity index (χ2n) is 7.48. The lowest BCUT2D eigenvalue weighted by Crippen LogP contribution is -2.40. The van der Waals surface area contributed by atoms with Gasteiger partial charge in [-0.1, -0.05) is 18.6 Å². The summed E-state index contributed by atoms with van der Waals surface area (Å²) in [5.74, 6) is -3.07. The van der Waals surface area contributed by atoms with E-state index in [4.69, 9.17) is 10.7 Å². The number of likely N-dealkylation sites (tertiary alicyclic amines) is 1. The molecule has 0 spiro atoms. The van der Waals surface area contributed by atoms with Gasteiger partial charge in [-0.25, -0.2) is 17.2 Å². The molecule has 2 atom stereocenters. The van der Waals surface area contributed by atoms with E-state index in [0.717, 1.165) is 37.4 Å². The number of rotatable bonds is 3. The third-order valence-electron chi connectivity index (χ3n) is 5.80. The Bertz CT molecular complexity index is 969. The van der Waals surface area contributed by atoms with Crippen molar-refractivity contribution in [3.05, 3.63) is 59.4 Å². The number of benzene rings is 1. The molecule has 0 N–H and O–H groups in total. The van der Waals surface area contributed by atoms with Gasteiger partial charge >= 0.3 is 0 Å². The van der Waals surface area contributed by atoms with Crippen LogP contribution in [0.4, 0.5) is 8.78 Å². The zero-order valence-electron chi connectivity index (χ0n) is 15.2. The van der Waals surface area contributed by atoms with E-state index < -0.39 is 15.0 Å². The molecule has 2 aromatic rings. The van der Waals surface area contributed by atoms with Gasteiger partial charge in [0.2, 0.25) is 0 Å². The lowest BCUT2D eigenvalue weighted by atomic mass is 9.82. The maximum atomic E-state index is 14.7. The van der Waals surface area contributed by atoms with E-state index in [1.54, 1.807) is 6.20 Å². The lowest BCUT2D eigenvalue weighted by molar-refractivity contribution is -0.0422. The molecule has 0 bridgehead atoms. The highest BCUT2D eigenvalue weighted by atomic mass is 35.7.